The molecule has 6 nitrogen and oxygen atoms in total. The van der Waals surface area contributed by atoms with Gasteiger partial charge in [-0.25, -0.2) is 4.79 Å². The molecule has 1 aliphatic rings. The van der Waals surface area contributed by atoms with Gasteiger partial charge in [0.25, 0.3) is 0 Å². The molecule has 1 fully saturated rings. The fraction of sp³-hybridized carbons (Fsp3) is 0.652. The molecular formula is C23H37N3O3. The highest BCUT2D eigenvalue weighted by Crippen LogP contribution is 2.17. The van der Waals surface area contributed by atoms with E-state index in [-0.39, 0.29) is 24.1 Å². The molecule has 2 N–H and O–H groups in total. The number of ether oxygens (including phenoxy) is 1. The number of carbonyl (C=O) groups excluding carboxylic acids is 2. The van der Waals surface area contributed by atoms with E-state index in [9.17, 15) is 9.59 Å². The quantitative estimate of drug-likeness (QED) is 0.732. The van der Waals surface area contributed by atoms with Crippen molar-refractivity contribution < 1.29 is 14.3 Å². The Balaban J connectivity index is 1.94. The summed E-state index contributed by atoms with van der Waals surface area (Å²) in [5, 5.41) is 6.67. The Morgan fingerprint density at radius 1 is 1.17 bits per heavy atom. The van der Waals surface area contributed by atoms with Gasteiger partial charge in [-0.1, -0.05) is 30.3 Å². The van der Waals surface area contributed by atoms with Crippen molar-refractivity contribution in [2.45, 2.75) is 71.6 Å². The lowest BCUT2D eigenvalue weighted by molar-refractivity contribution is -0.130. The number of hydrogen-bond acceptors (Lipinski definition) is 4. The number of benzene rings is 1. The number of piperidine rings is 1. The van der Waals surface area contributed by atoms with Gasteiger partial charge in [-0.15, -0.1) is 0 Å². The molecule has 0 unspecified atom stereocenters. The topological polar surface area (TPSA) is 70.7 Å². The van der Waals surface area contributed by atoms with Gasteiger partial charge >= 0.3 is 6.09 Å². The number of amides is 2. The second-order valence-electron chi connectivity index (χ2n) is 9.09. The molecule has 1 saturated heterocycles. The number of nitrogens with zero attached hydrogens (tertiary/aromatic N) is 1. The van der Waals surface area contributed by atoms with E-state index in [1.807, 2.05) is 50.8 Å². The van der Waals surface area contributed by atoms with Crippen molar-refractivity contribution in [1.29, 1.82) is 0 Å². The van der Waals surface area contributed by atoms with Crippen molar-refractivity contribution in [3.05, 3.63) is 35.9 Å². The molecule has 0 spiro atoms. The van der Waals surface area contributed by atoms with Gasteiger partial charge in [0.1, 0.15) is 5.60 Å². The van der Waals surface area contributed by atoms with Gasteiger partial charge in [-0.05, 0) is 65.0 Å². The van der Waals surface area contributed by atoms with Gasteiger partial charge in [-0.2, -0.15) is 0 Å². The number of hydrogen-bond donors (Lipinski definition) is 2. The van der Waals surface area contributed by atoms with Crippen LogP contribution < -0.4 is 10.6 Å². The Bertz CT molecular complexity index is 649. The molecule has 0 saturated carbocycles. The van der Waals surface area contributed by atoms with Crippen LogP contribution in [0.15, 0.2) is 30.3 Å². The van der Waals surface area contributed by atoms with Gasteiger partial charge in [0.05, 0.1) is 0 Å². The van der Waals surface area contributed by atoms with Crippen LogP contribution in [0.1, 0.15) is 53.0 Å². The van der Waals surface area contributed by atoms with Gasteiger partial charge in [0.15, 0.2) is 0 Å². The molecular weight excluding hydrogens is 366 g/mol. The molecule has 0 bridgehead atoms. The van der Waals surface area contributed by atoms with Crippen LogP contribution >= 0.6 is 0 Å². The van der Waals surface area contributed by atoms with Crippen molar-refractivity contribution in [3.8, 4) is 0 Å². The van der Waals surface area contributed by atoms with Crippen LogP contribution in [0.5, 0.6) is 0 Å². The third-order valence-corrected chi connectivity index (χ3v) is 5.37. The Morgan fingerprint density at radius 3 is 2.34 bits per heavy atom. The minimum atomic E-state index is -0.517. The number of nitrogens with one attached hydrogen (secondary N) is 2. The molecule has 1 heterocycles. The van der Waals surface area contributed by atoms with Crippen LogP contribution in [0.2, 0.25) is 0 Å². The summed E-state index contributed by atoms with van der Waals surface area (Å²) in [5.41, 5.74) is 0.714. The molecule has 1 aromatic rings. The molecule has 1 aliphatic heterocycles. The number of alkyl carbamates (subject to hydrolysis) is 1. The molecule has 29 heavy (non-hydrogen) atoms. The van der Waals surface area contributed by atoms with E-state index in [2.05, 4.69) is 22.8 Å². The predicted octanol–water partition coefficient (Wildman–Crippen LogP) is 3.36. The summed E-state index contributed by atoms with van der Waals surface area (Å²) in [7, 11) is 0. The third-order valence-electron chi connectivity index (χ3n) is 5.37. The Morgan fingerprint density at radius 2 is 1.79 bits per heavy atom. The van der Waals surface area contributed by atoms with Gasteiger partial charge in [0, 0.05) is 32.1 Å². The second kappa shape index (κ2) is 10.6. The highest BCUT2D eigenvalue weighted by atomic mass is 16.6. The van der Waals surface area contributed by atoms with E-state index in [0.29, 0.717) is 5.92 Å². The van der Waals surface area contributed by atoms with E-state index in [0.717, 1.165) is 38.9 Å². The van der Waals surface area contributed by atoms with Crippen LogP contribution in [0.3, 0.4) is 0 Å². The average molecular weight is 404 g/mol. The first-order chi connectivity index (χ1) is 13.6. The maximum absolute atomic E-state index is 12.2. The maximum atomic E-state index is 12.2. The van der Waals surface area contributed by atoms with Crippen molar-refractivity contribution in [2.75, 3.05) is 19.6 Å². The lowest BCUT2D eigenvalue weighted by atomic mass is 9.94. The Labute approximate surface area is 175 Å². The largest absolute Gasteiger partial charge is 0.444 e. The monoisotopic (exact) mass is 403 g/mol. The summed E-state index contributed by atoms with van der Waals surface area (Å²) in [6.07, 6.45) is 2.46. The van der Waals surface area contributed by atoms with Crippen LogP contribution in [-0.2, 0) is 16.0 Å². The molecule has 6 heteroatoms. The first kappa shape index (κ1) is 23.2. The zero-order valence-corrected chi connectivity index (χ0v) is 18.5. The lowest BCUT2D eigenvalue weighted by Crippen LogP contribution is -2.52. The maximum Gasteiger partial charge on any atom is 0.407 e. The number of rotatable bonds is 7. The van der Waals surface area contributed by atoms with E-state index < -0.39 is 5.60 Å². The first-order valence-electron chi connectivity index (χ1n) is 10.7. The predicted molar refractivity (Wildman–Crippen MR) is 116 cm³/mol. The molecule has 0 aromatic heterocycles. The third kappa shape index (κ3) is 8.44. The van der Waals surface area contributed by atoms with Crippen molar-refractivity contribution in [3.63, 3.8) is 0 Å². The highest BCUT2D eigenvalue weighted by molar-refractivity contribution is 5.73. The molecule has 0 aliphatic carbocycles. The van der Waals surface area contributed by atoms with E-state index in [4.69, 9.17) is 4.74 Å². The molecule has 1 aromatic carbocycles. The summed E-state index contributed by atoms with van der Waals surface area (Å²) >= 11 is 0. The standard InChI is InChI=1S/C23H37N3O3/c1-17(25-22(28)29-23(3,4)5)21(15-19-9-7-6-8-10-19)24-16-20-11-13-26(14-12-20)18(2)27/h6-10,17,20-21,24H,11-16H2,1-5H3,(H,25,28)/t17-,21+/m0/s1. The smallest absolute Gasteiger partial charge is 0.407 e. The number of carbonyl (C=O) groups is 2. The minimum absolute atomic E-state index is 0.0811. The summed E-state index contributed by atoms with van der Waals surface area (Å²) < 4.78 is 5.42. The summed E-state index contributed by atoms with van der Waals surface area (Å²) in [6.45, 7) is 11.8. The molecule has 162 valence electrons. The zero-order chi connectivity index (χ0) is 21.4. The fourth-order valence-corrected chi connectivity index (χ4v) is 3.66. The average Bonchev–Trinajstić information content (AvgIpc) is 2.64. The van der Waals surface area contributed by atoms with Crippen LogP contribution in [0, 0.1) is 5.92 Å². The number of likely N-dealkylation sites (tertiary alicyclic amines) is 1. The van der Waals surface area contributed by atoms with Crippen LogP contribution in [-0.4, -0.2) is 54.2 Å². The van der Waals surface area contributed by atoms with Crippen molar-refractivity contribution in [2.24, 2.45) is 5.92 Å². The second-order valence-corrected chi connectivity index (χ2v) is 9.09. The lowest BCUT2D eigenvalue weighted by Gasteiger charge is -2.33. The zero-order valence-electron chi connectivity index (χ0n) is 18.5. The van der Waals surface area contributed by atoms with Gasteiger partial charge in [-0.3, -0.25) is 4.79 Å². The van der Waals surface area contributed by atoms with Crippen LogP contribution in [0.4, 0.5) is 4.79 Å². The van der Waals surface area contributed by atoms with Crippen molar-refractivity contribution in [1.82, 2.24) is 15.5 Å². The molecule has 2 amide bonds. The van der Waals surface area contributed by atoms with E-state index in [1.165, 1.54) is 5.56 Å². The van der Waals surface area contributed by atoms with Crippen LogP contribution in [0.25, 0.3) is 0 Å². The SMILES string of the molecule is CC(=O)N1CCC(CN[C@H](Cc2ccccc2)[C@H](C)NC(=O)OC(C)(C)C)CC1. The summed E-state index contributed by atoms with van der Waals surface area (Å²) in [6, 6.07) is 10.3. The minimum Gasteiger partial charge on any atom is -0.444 e. The Hall–Kier alpha value is -2.08. The fourth-order valence-electron chi connectivity index (χ4n) is 3.66. The first-order valence-corrected chi connectivity index (χ1v) is 10.7. The summed E-state index contributed by atoms with van der Waals surface area (Å²) in [4.78, 5) is 25.7. The molecule has 2 rings (SSSR count). The molecule has 0 radical (unpaired) electrons. The highest BCUT2D eigenvalue weighted by Gasteiger charge is 2.25. The normalized spacial score (nSPS) is 17.5. The molecule has 2 atom stereocenters. The summed E-state index contributed by atoms with van der Waals surface area (Å²) in [5.74, 6) is 0.700. The van der Waals surface area contributed by atoms with E-state index in [1.54, 1.807) is 6.92 Å². The van der Waals surface area contributed by atoms with Crippen molar-refractivity contribution >= 4 is 12.0 Å². The Kier molecular flexibility index (Phi) is 8.50. The van der Waals surface area contributed by atoms with Gasteiger partial charge in [0.2, 0.25) is 5.91 Å². The van der Waals surface area contributed by atoms with E-state index >= 15 is 0 Å². The van der Waals surface area contributed by atoms with Gasteiger partial charge < -0.3 is 20.3 Å².